The minimum atomic E-state index is -3.92. The van der Waals surface area contributed by atoms with Crippen LogP contribution in [0.4, 0.5) is 0 Å². The molecule has 1 heterocycles. The number of hydrogen-bond acceptors (Lipinski definition) is 6. The van der Waals surface area contributed by atoms with Crippen LogP contribution in [-0.4, -0.2) is 58.9 Å². The average Bonchev–Trinajstić information content (AvgIpc) is 2.80. The van der Waals surface area contributed by atoms with Crippen molar-refractivity contribution in [3.63, 3.8) is 0 Å². The van der Waals surface area contributed by atoms with Gasteiger partial charge in [0, 0.05) is 18.2 Å². The topological polar surface area (TPSA) is 90.0 Å². The van der Waals surface area contributed by atoms with Gasteiger partial charge in [-0.25, -0.2) is 16.8 Å². The lowest BCUT2D eigenvalue weighted by atomic mass is 10.0. The number of benzene rings is 1. The Morgan fingerprint density at radius 2 is 1.92 bits per heavy atom. The lowest BCUT2D eigenvalue weighted by Gasteiger charge is -2.35. The summed E-state index contributed by atoms with van der Waals surface area (Å²) in [6.45, 7) is 3.54. The van der Waals surface area contributed by atoms with E-state index < -0.39 is 25.4 Å². The zero-order valence-corrected chi connectivity index (χ0v) is 15.9. The van der Waals surface area contributed by atoms with Crippen molar-refractivity contribution < 1.29 is 26.3 Å². The van der Waals surface area contributed by atoms with Crippen LogP contribution in [0.2, 0.25) is 0 Å². The Labute approximate surface area is 143 Å². The summed E-state index contributed by atoms with van der Waals surface area (Å²) in [7, 11) is -4.30. The van der Waals surface area contributed by atoms with Crippen LogP contribution in [-0.2, 0) is 19.9 Å². The van der Waals surface area contributed by atoms with Crippen LogP contribution in [0.1, 0.15) is 20.3 Å². The molecule has 1 aliphatic heterocycles. The largest absolute Gasteiger partial charge is 0.497 e. The van der Waals surface area contributed by atoms with Gasteiger partial charge in [-0.05, 0) is 25.5 Å². The van der Waals surface area contributed by atoms with Gasteiger partial charge in [0.05, 0.1) is 25.7 Å². The standard InChI is InChI=1S/C15H23NO6S2/c1-5-16(15(2)8-9-23(17,18)11-15)24(19,20)14-7-6-12(21-3)10-13(14)22-4/h6-7,10H,5,8-9,11H2,1-4H3/t15-/m0/s1. The van der Waals surface area contributed by atoms with E-state index in [2.05, 4.69) is 0 Å². The Morgan fingerprint density at radius 1 is 1.25 bits per heavy atom. The quantitative estimate of drug-likeness (QED) is 0.742. The third kappa shape index (κ3) is 3.38. The highest BCUT2D eigenvalue weighted by Gasteiger charge is 2.47. The summed E-state index contributed by atoms with van der Waals surface area (Å²) in [6.07, 6.45) is 0.279. The summed E-state index contributed by atoms with van der Waals surface area (Å²) < 4.78 is 61.6. The molecule has 1 aromatic rings. The van der Waals surface area contributed by atoms with Gasteiger partial charge in [-0.1, -0.05) is 6.92 Å². The molecule has 1 aliphatic rings. The van der Waals surface area contributed by atoms with Gasteiger partial charge in [0.1, 0.15) is 16.4 Å². The first-order valence-corrected chi connectivity index (χ1v) is 10.8. The molecule has 1 atom stereocenters. The number of sulfonamides is 1. The Hall–Kier alpha value is -1.32. The Morgan fingerprint density at radius 3 is 2.38 bits per heavy atom. The van der Waals surface area contributed by atoms with Gasteiger partial charge < -0.3 is 9.47 Å². The SMILES string of the molecule is CCN([C@@]1(C)CCS(=O)(=O)C1)S(=O)(=O)c1ccc(OC)cc1OC. The van der Waals surface area contributed by atoms with Gasteiger partial charge in [-0.15, -0.1) is 0 Å². The van der Waals surface area contributed by atoms with Crippen molar-refractivity contribution in [2.45, 2.75) is 30.7 Å². The molecule has 0 amide bonds. The van der Waals surface area contributed by atoms with Crippen molar-refractivity contribution in [2.24, 2.45) is 0 Å². The minimum Gasteiger partial charge on any atom is -0.497 e. The van der Waals surface area contributed by atoms with Crippen LogP contribution >= 0.6 is 0 Å². The molecule has 136 valence electrons. The molecular weight excluding hydrogens is 354 g/mol. The number of hydrogen-bond donors (Lipinski definition) is 0. The molecule has 7 nitrogen and oxygen atoms in total. The van der Waals surface area contributed by atoms with Crippen LogP contribution in [0.25, 0.3) is 0 Å². The number of methoxy groups -OCH3 is 2. The van der Waals surface area contributed by atoms with E-state index in [-0.39, 0.29) is 35.1 Å². The zero-order valence-electron chi connectivity index (χ0n) is 14.3. The van der Waals surface area contributed by atoms with E-state index in [0.717, 1.165) is 0 Å². The second kappa shape index (κ2) is 6.53. The fraction of sp³-hybridized carbons (Fsp3) is 0.600. The van der Waals surface area contributed by atoms with E-state index in [1.54, 1.807) is 13.8 Å². The second-order valence-electron chi connectivity index (χ2n) is 6.03. The summed E-state index contributed by atoms with van der Waals surface area (Å²) in [5.41, 5.74) is -0.961. The van der Waals surface area contributed by atoms with Crippen molar-refractivity contribution >= 4 is 19.9 Å². The van der Waals surface area contributed by atoms with E-state index in [9.17, 15) is 16.8 Å². The summed E-state index contributed by atoms with van der Waals surface area (Å²) in [5.74, 6) is 0.460. The van der Waals surface area contributed by atoms with E-state index in [1.165, 1.54) is 36.7 Å². The number of sulfone groups is 1. The molecule has 0 saturated carbocycles. The third-order valence-corrected chi connectivity index (χ3v) is 8.37. The van der Waals surface area contributed by atoms with Crippen molar-refractivity contribution in [2.75, 3.05) is 32.3 Å². The molecule has 2 rings (SSSR count). The highest BCUT2D eigenvalue weighted by molar-refractivity contribution is 7.92. The fourth-order valence-corrected chi connectivity index (χ4v) is 7.31. The molecular formula is C15H23NO6S2. The molecule has 0 aromatic heterocycles. The van der Waals surface area contributed by atoms with Crippen molar-refractivity contribution in [1.82, 2.24) is 4.31 Å². The first-order valence-electron chi connectivity index (χ1n) is 7.55. The summed E-state index contributed by atoms with van der Waals surface area (Å²) in [5, 5.41) is 0. The Bertz CT molecular complexity index is 818. The molecule has 1 saturated heterocycles. The third-order valence-electron chi connectivity index (χ3n) is 4.31. The Kier molecular flexibility index (Phi) is 5.17. The monoisotopic (exact) mass is 377 g/mol. The molecule has 0 radical (unpaired) electrons. The molecule has 0 N–H and O–H groups in total. The maximum atomic E-state index is 13.2. The Balaban J connectivity index is 2.52. The lowest BCUT2D eigenvalue weighted by molar-refractivity contribution is 0.242. The predicted octanol–water partition coefficient (Wildman–Crippen LogP) is 1.29. The minimum absolute atomic E-state index is 0.00169. The van der Waals surface area contributed by atoms with Crippen molar-refractivity contribution in [3.8, 4) is 11.5 Å². The summed E-state index contributed by atoms with van der Waals surface area (Å²) in [6, 6.07) is 4.45. The van der Waals surface area contributed by atoms with Gasteiger partial charge in [0.2, 0.25) is 10.0 Å². The van der Waals surface area contributed by atoms with E-state index in [4.69, 9.17) is 9.47 Å². The lowest BCUT2D eigenvalue weighted by Crippen LogP contribution is -2.50. The number of ether oxygens (including phenoxy) is 2. The van der Waals surface area contributed by atoms with Gasteiger partial charge in [-0.3, -0.25) is 0 Å². The highest BCUT2D eigenvalue weighted by atomic mass is 32.2. The number of rotatable bonds is 6. The highest BCUT2D eigenvalue weighted by Crippen LogP contribution is 2.37. The predicted molar refractivity (Wildman–Crippen MR) is 90.8 cm³/mol. The molecule has 0 unspecified atom stereocenters. The maximum Gasteiger partial charge on any atom is 0.247 e. The smallest absolute Gasteiger partial charge is 0.247 e. The van der Waals surface area contributed by atoms with Crippen LogP contribution in [0.3, 0.4) is 0 Å². The number of nitrogens with zero attached hydrogens (tertiary/aromatic N) is 1. The van der Waals surface area contributed by atoms with Crippen LogP contribution < -0.4 is 9.47 Å². The molecule has 0 aliphatic carbocycles. The first kappa shape index (κ1) is 19.0. The van der Waals surface area contributed by atoms with E-state index >= 15 is 0 Å². The molecule has 1 fully saturated rings. The van der Waals surface area contributed by atoms with Crippen molar-refractivity contribution in [3.05, 3.63) is 18.2 Å². The van der Waals surface area contributed by atoms with Crippen LogP contribution in [0, 0.1) is 0 Å². The molecule has 9 heteroatoms. The average molecular weight is 377 g/mol. The molecule has 1 aromatic carbocycles. The normalized spacial score (nSPS) is 23.4. The summed E-state index contributed by atoms with van der Waals surface area (Å²) >= 11 is 0. The van der Waals surface area contributed by atoms with E-state index in [1.807, 2.05) is 0 Å². The first-order chi connectivity index (χ1) is 11.1. The van der Waals surface area contributed by atoms with Gasteiger partial charge in [0.15, 0.2) is 9.84 Å². The second-order valence-corrected chi connectivity index (χ2v) is 10.0. The van der Waals surface area contributed by atoms with E-state index in [0.29, 0.717) is 5.75 Å². The fourth-order valence-electron chi connectivity index (χ4n) is 3.14. The molecule has 24 heavy (non-hydrogen) atoms. The summed E-state index contributed by atoms with van der Waals surface area (Å²) in [4.78, 5) is -0.00169. The van der Waals surface area contributed by atoms with Gasteiger partial charge >= 0.3 is 0 Å². The van der Waals surface area contributed by atoms with Crippen LogP contribution in [0.5, 0.6) is 11.5 Å². The molecule has 0 spiro atoms. The maximum absolute atomic E-state index is 13.2. The van der Waals surface area contributed by atoms with Crippen molar-refractivity contribution in [1.29, 1.82) is 0 Å². The molecule has 0 bridgehead atoms. The van der Waals surface area contributed by atoms with Crippen LogP contribution in [0.15, 0.2) is 23.1 Å². The zero-order chi connectivity index (χ0) is 18.2. The van der Waals surface area contributed by atoms with Gasteiger partial charge in [-0.2, -0.15) is 4.31 Å². The van der Waals surface area contributed by atoms with Gasteiger partial charge in [0.25, 0.3) is 0 Å².